The normalized spacial score (nSPS) is 22.4. The summed E-state index contributed by atoms with van der Waals surface area (Å²) in [6, 6.07) is 5.77. The number of aryl methyl sites for hydroxylation is 1. The summed E-state index contributed by atoms with van der Waals surface area (Å²) in [4.78, 5) is 17.1. The molecule has 0 fully saturated rings. The number of amides is 1. The average Bonchev–Trinajstić information content (AvgIpc) is 3.18. The molecule has 2 aliphatic rings. The maximum absolute atomic E-state index is 13.1. The molecule has 0 unspecified atom stereocenters. The number of benzene rings is 1. The van der Waals surface area contributed by atoms with Gasteiger partial charge in [-0.1, -0.05) is 24.3 Å². The Labute approximate surface area is 213 Å². The van der Waals surface area contributed by atoms with E-state index < -0.39 is 0 Å². The third-order valence-electron chi connectivity index (χ3n) is 6.83. The predicted octanol–water partition coefficient (Wildman–Crippen LogP) is 2.10. The molecule has 2 aliphatic heterocycles. The van der Waals surface area contributed by atoms with Gasteiger partial charge in [-0.2, -0.15) is 0 Å². The molecule has 0 radical (unpaired) electrons. The summed E-state index contributed by atoms with van der Waals surface area (Å²) < 4.78 is 20.0. The third-order valence-corrected chi connectivity index (χ3v) is 6.83. The van der Waals surface area contributed by atoms with Gasteiger partial charge in [-0.15, -0.1) is 5.10 Å². The fourth-order valence-corrected chi connectivity index (χ4v) is 4.73. The van der Waals surface area contributed by atoms with E-state index in [4.69, 9.17) is 14.2 Å². The maximum atomic E-state index is 13.1. The largest absolute Gasteiger partial charge is 0.490 e. The molecular formula is C26H39N5O5. The van der Waals surface area contributed by atoms with E-state index in [0.29, 0.717) is 58.8 Å². The Bertz CT molecular complexity index is 999. The van der Waals surface area contributed by atoms with E-state index in [-0.39, 0.29) is 30.6 Å². The van der Waals surface area contributed by atoms with Crippen molar-refractivity contribution in [2.75, 3.05) is 40.0 Å². The van der Waals surface area contributed by atoms with Crippen molar-refractivity contribution in [2.45, 2.75) is 65.0 Å². The van der Waals surface area contributed by atoms with Gasteiger partial charge in [0.2, 0.25) is 5.91 Å². The Balaban J connectivity index is 1.50. The standard InChI is InChI=1S/C26H39N5O5/c1-19-13-31(20(2)17-32)25(33)9-5-10-30-15-22(27-28-30)18-36-24(19)16-29(3)14-21-7-4-8-23-26(21)35-12-6-11-34-23/h4,7-8,15,19-20,24,32H,5-6,9-14,16-18H2,1-3H3/t19-,20-,24+/m0/s1. The van der Waals surface area contributed by atoms with Crippen LogP contribution in [0.2, 0.25) is 0 Å². The van der Waals surface area contributed by atoms with Crippen molar-refractivity contribution < 1.29 is 24.1 Å². The summed E-state index contributed by atoms with van der Waals surface area (Å²) in [6.07, 6.45) is 3.66. The number of aromatic nitrogens is 3. The lowest BCUT2D eigenvalue weighted by Gasteiger charge is -2.35. The summed E-state index contributed by atoms with van der Waals surface area (Å²) >= 11 is 0. The molecular weight excluding hydrogens is 462 g/mol. The Hall–Kier alpha value is -2.69. The summed E-state index contributed by atoms with van der Waals surface area (Å²) in [5, 5.41) is 18.2. The Morgan fingerprint density at radius 3 is 2.92 bits per heavy atom. The highest BCUT2D eigenvalue weighted by Gasteiger charge is 2.28. The van der Waals surface area contributed by atoms with Gasteiger partial charge in [-0.3, -0.25) is 14.4 Å². The Morgan fingerprint density at radius 1 is 1.25 bits per heavy atom. The minimum atomic E-state index is -0.252. The van der Waals surface area contributed by atoms with E-state index in [1.807, 2.05) is 25.3 Å². The molecule has 10 nitrogen and oxygen atoms in total. The van der Waals surface area contributed by atoms with Crippen molar-refractivity contribution >= 4 is 5.91 Å². The molecule has 0 spiro atoms. The number of ether oxygens (including phenoxy) is 3. The average molecular weight is 502 g/mol. The molecule has 0 saturated heterocycles. The van der Waals surface area contributed by atoms with Crippen molar-refractivity contribution in [1.82, 2.24) is 24.8 Å². The first-order valence-corrected chi connectivity index (χ1v) is 12.9. The molecule has 0 aliphatic carbocycles. The van der Waals surface area contributed by atoms with Crippen LogP contribution in [0.15, 0.2) is 24.4 Å². The molecule has 0 saturated carbocycles. The first-order valence-electron chi connectivity index (χ1n) is 12.9. The van der Waals surface area contributed by atoms with Crippen LogP contribution in [0.25, 0.3) is 0 Å². The monoisotopic (exact) mass is 501 g/mol. The lowest BCUT2D eigenvalue weighted by molar-refractivity contribution is -0.136. The third kappa shape index (κ3) is 6.74. The number of aliphatic hydroxyl groups excluding tert-OH is 1. The van der Waals surface area contributed by atoms with Crippen molar-refractivity contribution in [2.24, 2.45) is 5.92 Å². The second-order valence-electron chi connectivity index (χ2n) is 9.97. The van der Waals surface area contributed by atoms with E-state index >= 15 is 0 Å². The zero-order valence-electron chi connectivity index (χ0n) is 21.6. The topological polar surface area (TPSA) is 102 Å². The summed E-state index contributed by atoms with van der Waals surface area (Å²) in [5.41, 5.74) is 1.85. The van der Waals surface area contributed by atoms with Crippen molar-refractivity contribution in [3.8, 4) is 11.5 Å². The van der Waals surface area contributed by atoms with Gasteiger partial charge in [-0.25, -0.2) is 0 Å². The van der Waals surface area contributed by atoms with Gasteiger partial charge >= 0.3 is 0 Å². The number of carbonyl (C=O) groups excluding carboxylic acids is 1. The first-order chi connectivity index (χ1) is 17.4. The van der Waals surface area contributed by atoms with Crippen LogP contribution in [-0.4, -0.2) is 87.9 Å². The molecule has 1 amide bonds. The SMILES string of the molecule is C[C@H]1CN([C@@H](C)CO)C(=O)CCCn2cc(nn2)CO[C@@H]1CN(C)Cc1cccc2c1OCCCO2. The highest BCUT2D eigenvalue weighted by atomic mass is 16.5. The number of hydrogen-bond donors (Lipinski definition) is 1. The minimum absolute atomic E-state index is 0.0358. The number of rotatable bonds is 6. The van der Waals surface area contributed by atoms with Crippen LogP contribution in [0, 0.1) is 5.92 Å². The van der Waals surface area contributed by atoms with Crippen molar-refractivity contribution in [3.05, 3.63) is 35.7 Å². The second-order valence-corrected chi connectivity index (χ2v) is 9.97. The molecule has 2 bridgehead atoms. The zero-order chi connectivity index (χ0) is 25.5. The van der Waals surface area contributed by atoms with Gasteiger partial charge < -0.3 is 24.2 Å². The van der Waals surface area contributed by atoms with Gasteiger partial charge in [0, 0.05) is 50.5 Å². The number of hydrogen-bond acceptors (Lipinski definition) is 8. The van der Waals surface area contributed by atoms with Crippen LogP contribution >= 0.6 is 0 Å². The summed E-state index contributed by atoms with van der Waals surface area (Å²) in [6.45, 7) is 8.02. The number of carbonyl (C=O) groups is 1. The Kier molecular flexibility index (Phi) is 9.17. The highest BCUT2D eigenvalue weighted by molar-refractivity contribution is 5.76. The molecule has 1 aromatic heterocycles. The van der Waals surface area contributed by atoms with Crippen LogP contribution in [0.1, 0.15) is 44.4 Å². The molecule has 3 atom stereocenters. The molecule has 1 N–H and O–H groups in total. The van der Waals surface area contributed by atoms with Crippen LogP contribution < -0.4 is 9.47 Å². The molecule has 36 heavy (non-hydrogen) atoms. The molecule has 10 heteroatoms. The van der Waals surface area contributed by atoms with E-state index in [1.54, 1.807) is 9.58 Å². The second kappa shape index (κ2) is 12.5. The number of likely N-dealkylation sites (N-methyl/N-ethyl adjacent to an activating group) is 1. The van der Waals surface area contributed by atoms with Gasteiger partial charge in [0.1, 0.15) is 5.69 Å². The highest BCUT2D eigenvalue weighted by Crippen LogP contribution is 2.34. The smallest absolute Gasteiger partial charge is 0.222 e. The Morgan fingerprint density at radius 2 is 2.08 bits per heavy atom. The predicted molar refractivity (Wildman–Crippen MR) is 134 cm³/mol. The lowest BCUT2D eigenvalue weighted by Crippen LogP contribution is -2.47. The number of aliphatic hydroxyl groups is 1. The van der Waals surface area contributed by atoms with E-state index in [9.17, 15) is 9.90 Å². The molecule has 198 valence electrons. The maximum Gasteiger partial charge on any atom is 0.222 e. The first kappa shape index (κ1) is 26.4. The van der Waals surface area contributed by atoms with Crippen LogP contribution in [0.4, 0.5) is 0 Å². The van der Waals surface area contributed by atoms with Crippen molar-refractivity contribution in [3.63, 3.8) is 0 Å². The van der Waals surface area contributed by atoms with Crippen LogP contribution in [0.5, 0.6) is 11.5 Å². The van der Waals surface area contributed by atoms with Gasteiger partial charge in [0.25, 0.3) is 0 Å². The zero-order valence-corrected chi connectivity index (χ0v) is 21.6. The fraction of sp³-hybridized carbons (Fsp3) is 0.654. The fourth-order valence-electron chi connectivity index (χ4n) is 4.73. The molecule has 4 rings (SSSR count). The van der Waals surface area contributed by atoms with Crippen LogP contribution in [0.3, 0.4) is 0 Å². The summed E-state index contributed by atoms with van der Waals surface area (Å²) in [7, 11) is 2.06. The van der Waals surface area contributed by atoms with E-state index in [2.05, 4.69) is 35.2 Å². The van der Waals surface area contributed by atoms with E-state index in [0.717, 1.165) is 29.2 Å². The van der Waals surface area contributed by atoms with Gasteiger partial charge in [-0.05, 0) is 26.5 Å². The number of nitrogens with zero attached hydrogens (tertiary/aromatic N) is 5. The lowest BCUT2D eigenvalue weighted by atomic mass is 10.0. The van der Waals surface area contributed by atoms with Crippen LogP contribution in [-0.2, 0) is 29.2 Å². The molecule has 3 heterocycles. The minimum Gasteiger partial charge on any atom is -0.490 e. The van der Waals surface area contributed by atoms with Gasteiger partial charge in [0.05, 0.1) is 44.8 Å². The molecule has 1 aromatic carbocycles. The number of para-hydroxylation sites is 1. The van der Waals surface area contributed by atoms with Crippen molar-refractivity contribution in [1.29, 1.82) is 0 Å². The van der Waals surface area contributed by atoms with E-state index in [1.165, 1.54) is 0 Å². The summed E-state index contributed by atoms with van der Waals surface area (Å²) in [5.74, 6) is 1.68. The van der Waals surface area contributed by atoms with Gasteiger partial charge in [0.15, 0.2) is 11.5 Å². The quantitative estimate of drug-likeness (QED) is 0.642. The number of fused-ring (bicyclic) bond motifs is 3. The molecule has 2 aromatic rings.